The van der Waals surface area contributed by atoms with E-state index in [0.717, 1.165) is 0 Å². The lowest BCUT2D eigenvalue weighted by Crippen LogP contribution is -2.33. The molecule has 7 heteroatoms. The number of nitro groups is 1. The lowest BCUT2D eigenvalue weighted by Gasteiger charge is -2.25. The number of benzene rings is 2. The summed E-state index contributed by atoms with van der Waals surface area (Å²) in [7, 11) is 1.63. The third kappa shape index (κ3) is 4.23. The molecule has 0 saturated carbocycles. The van der Waals surface area contributed by atoms with Crippen molar-refractivity contribution in [2.45, 2.75) is 13.0 Å². The fourth-order valence-corrected chi connectivity index (χ4v) is 2.33. The van der Waals surface area contributed by atoms with Crippen molar-refractivity contribution in [1.82, 2.24) is 4.90 Å². The van der Waals surface area contributed by atoms with Crippen LogP contribution in [0.15, 0.2) is 48.5 Å². The predicted octanol–water partition coefficient (Wildman–Crippen LogP) is 3.85. The van der Waals surface area contributed by atoms with Gasteiger partial charge in [-0.1, -0.05) is 35.9 Å². The van der Waals surface area contributed by atoms with Crippen LogP contribution in [0.25, 0.3) is 0 Å². The standard InChI is InChI=1S/C17H17ClN2O4/c1-12(13-6-5-7-14(10-13)20(22)23)19(2)17(21)11-24-16-9-4-3-8-15(16)18/h3-10,12H,11H2,1-2H3. The van der Waals surface area contributed by atoms with E-state index in [0.29, 0.717) is 16.3 Å². The van der Waals surface area contributed by atoms with Crippen LogP contribution in [0.1, 0.15) is 18.5 Å². The summed E-state index contributed by atoms with van der Waals surface area (Å²) in [4.78, 5) is 24.2. The summed E-state index contributed by atoms with van der Waals surface area (Å²) in [5.74, 6) is 0.179. The van der Waals surface area contributed by atoms with Crippen LogP contribution < -0.4 is 4.74 Å². The highest BCUT2D eigenvalue weighted by atomic mass is 35.5. The number of carbonyl (C=O) groups is 1. The Kier molecular flexibility index (Phi) is 5.76. The second-order valence-electron chi connectivity index (χ2n) is 5.25. The molecule has 1 amide bonds. The maximum Gasteiger partial charge on any atom is 0.269 e. The maximum atomic E-state index is 12.3. The second-order valence-corrected chi connectivity index (χ2v) is 5.66. The molecule has 0 aromatic heterocycles. The Morgan fingerprint density at radius 2 is 2.00 bits per heavy atom. The Bertz CT molecular complexity index is 751. The van der Waals surface area contributed by atoms with E-state index < -0.39 is 4.92 Å². The number of ether oxygens (including phenoxy) is 1. The average molecular weight is 349 g/mol. The van der Waals surface area contributed by atoms with Gasteiger partial charge in [0, 0.05) is 19.2 Å². The summed E-state index contributed by atoms with van der Waals surface area (Å²) in [5, 5.41) is 11.3. The normalized spacial score (nSPS) is 11.6. The zero-order valence-electron chi connectivity index (χ0n) is 13.3. The van der Waals surface area contributed by atoms with E-state index in [-0.39, 0.29) is 24.2 Å². The first kappa shape index (κ1) is 17.7. The zero-order chi connectivity index (χ0) is 17.7. The third-order valence-electron chi connectivity index (χ3n) is 3.73. The number of nitrogens with zero attached hydrogens (tertiary/aromatic N) is 2. The highest BCUT2D eigenvalue weighted by Gasteiger charge is 2.20. The van der Waals surface area contributed by atoms with Gasteiger partial charge < -0.3 is 9.64 Å². The molecule has 0 heterocycles. The van der Waals surface area contributed by atoms with E-state index in [1.807, 2.05) is 0 Å². The van der Waals surface area contributed by atoms with Gasteiger partial charge in [0.05, 0.1) is 16.0 Å². The number of likely N-dealkylation sites (N-methyl/N-ethyl adjacent to an activating group) is 1. The molecule has 0 N–H and O–H groups in total. The minimum atomic E-state index is -0.460. The quantitative estimate of drug-likeness (QED) is 0.587. The van der Waals surface area contributed by atoms with Gasteiger partial charge in [-0.2, -0.15) is 0 Å². The minimum Gasteiger partial charge on any atom is -0.482 e. The summed E-state index contributed by atoms with van der Waals surface area (Å²) < 4.78 is 5.44. The van der Waals surface area contributed by atoms with Gasteiger partial charge in [-0.05, 0) is 24.6 Å². The van der Waals surface area contributed by atoms with E-state index in [2.05, 4.69) is 0 Å². The van der Waals surface area contributed by atoms with Gasteiger partial charge in [0.2, 0.25) is 0 Å². The third-order valence-corrected chi connectivity index (χ3v) is 4.04. The SMILES string of the molecule is CC(c1cccc([N+](=O)[O-])c1)N(C)C(=O)COc1ccccc1Cl. The van der Waals surface area contributed by atoms with Crippen LogP contribution in [0.2, 0.25) is 5.02 Å². The van der Waals surface area contributed by atoms with Crippen molar-refractivity contribution in [3.05, 3.63) is 69.2 Å². The molecule has 24 heavy (non-hydrogen) atoms. The number of hydrogen-bond donors (Lipinski definition) is 0. The Morgan fingerprint density at radius 3 is 2.67 bits per heavy atom. The number of carbonyl (C=O) groups excluding carboxylic acids is 1. The Balaban J connectivity index is 2.03. The second kappa shape index (κ2) is 7.79. The Labute approximate surface area is 144 Å². The molecule has 1 atom stereocenters. The molecule has 0 aliphatic carbocycles. The van der Waals surface area contributed by atoms with Crippen molar-refractivity contribution < 1.29 is 14.5 Å². The van der Waals surface area contributed by atoms with Crippen LogP contribution in [0, 0.1) is 10.1 Å². The molecule has 0 spiro atoms. The van der Waals surface area contributed by atoms with Crippen molar-refractivity contribution in [3.8, 4) is 5.75 Å². The molecule has 2 aromatic carbocycles. The number of para-hydroxylation sites is 1. The van der Waals surface area contributed by atoms with Gasteiger partial charge in [-0.15, -0.1) is 0 Å². The van der Waals surface area contributed by atoms with Gasteiger partial charge in [0.25, 0.3) is 11.6 Å². The van der Waals surface area contributed by atoms with Gasteiger partial charge in [-0.25, -0.2) is 0 Å². The van der Waals surface area contributed by atoms with Crippen LogP contribution in [0.5, 0.6) is 5.75 Å². The van der Waals surface area contributed by atoms with E-state index >= 15 is 0 Å². The number of non-ortho nitro benzene ring substituents is 1. The van der Waals surface area contributed by atoms with Gasteiger partial charge in [-0.3, -0.25) is 14.9 Å². The van der Waals surface area contributed by atoms with Crippen LogP contribution in [0.3, 0.4) is 0 Å². The van der Waals surface area contributed by atoms with Crippen molar-refractivity contribution in [3.63, 3.8) is 0 Å². The van der Waals surface area contributed by atoms with E-state index in [1.165, 1.54) is 17.0 Å². The van der Waals surface area contributed by atoms with Gasteiger partial charge >= 0.3 is 0 Å². The molecule has 1 unspecified atom stereocenters. The highest BCUT2D eigenvalue weighted by molar-refractivity contribution is 6.32. The van der Waals surface area contributed by atoms with Crippen molar-refractivity contribution in [2.24, 2.45) is 0 Å². The average Bonchev–Trinajstić information content (AvgIpc) is 2.59. The van der Waals surface area contributed by atoms with Gasteiger partial charge in [0.15, 0.2) is 6.61 Å². The molecule has 126 valence electrons. The molecular weight excluding hydrogens is 332 g/mol. The summed E-state index contributed by atoms with van der Waals surface area (Å²) in [6, 6.07) is 12.8. The first-order valence-electron chi connectivity index (χ1n) is 7.27. The zero-order valence-corrected chi connectivity index (χ0v) is 14.1. The lowest BCUT2D eigenvalue weighted by molar-refractivity contribution is -0.384. The topological polar surface area (TPSA) is 72.7 Å². The molecule has 0 fully saturated rings. The first-order valence-corrected chi connectivity index (χ1v) is 7.65. The number of nitro benzene ring substituents is 1. The monoisotopic (exact) mass is 348 g/mol. The molecule has 2 aromatic rings. The molecular formula is C17H17ClN2O4. The van der Waals surface area contributed by atoms with Crippen LogP contribution in [-0.4, -0.2) is 29.4 Å². The molecule has 6 nitrogen and oxygen atoms in total. The summed E-state index contributed by atoms with van der Waals surface area (Å²) in [6.45, 7) is 1.63. The van der Waals surface area contributed by atoms with E-state index in [9.17, 15) is 14.9 Å². The molecule has 0 radical (unpaired) electrons. The van der Waals surface area contributed by atoms with Crippen molar-refractivity contribution in [2.75, 3.05) is 13.7 Å². The number of amides is 1. The van der Waals surface area contributed by atoms with Crippen LogP contribution >= 0.6 is 11.6 Å². The first-order chi connectivity index (χ1) is 11.4. The minimum absolute atomic E-state index is 0.00693. The Morgan fingerprint density at radius 1 is 1.29 bits per heavy atom. The summed E-state index contributed by atoms with van der Waals surface area (Å²) in [5.41, 5.74) is 0.672. The maximum absolute atomic E-state index is 12.3. The number of rotatable bonds is 6. The molecule has 0 aliphatic heterocycles. The lowest BCUT2D eigenvalue weighted by atomic mass is 10.1. The van der Waals surface area contributed by atoms with Crippen LogP contribution in [-0.2, 0) is 4.79 Å². The fourth-order valence-electron chi connectivity index (χ4n) is 2.14. The van der Waals surface area contributed by atoms with Gasteiger partial charge in [0.1, 0.15) is 5.75 Å². The smallest absolute Gasteiger partial charge is 0.269 e. The Hall–Kier alpha value is -2.60. The number of hydrogen-bond acceptors (Lipinski definition) is 4. The predicted molar refractivity (Wildman–Crippen MR) is 91.2 cm³/mol. The highest BCUT2D eigenvalue weighted by Crippen LogP contribution is 2.25. The molecule has 2 rings (SSSR count). The van der Waals surface area contributed by atoms with Crippen molar-refractivity contribution >= 4 is 23.2 Å². The van der Waals surface area contributed by atoms with Crippen molar-refractivity contribution in [1.29, 1.82) is 0 Å². The van der Waals surface area contributed by atoms with Crippen LogP contribution in [0.4, 0.5) is 5.69 Å². The summed E-state index contributed by atoms with van der Waals surface area (Å²) in [6.07, 6.45) is 0. The van der Waals surface area contributed by atoms with E-state index in [1.54, 1.807) is 50.4 Å². The molecule has 0 aliphatic rings. The fraction of sp³-hybridized carbons (Fsp3) is 0.235. The summed E-state index contributed by atoms with van der Waals surface area (Å²) >= 11 is 5.98. The number of halogens is 1. The molecule has 0 bridgehead atoms. The van der Waals surface area contributed by atoms with E-state index in [4.69, 9.17) is 16.3 Å². The molecule has 0 saturated heterocycles. The largest absolute Gasteiger partial charge is 0.482 e.